The molecule has 0 radical (unpaired) electrons. The molecule has 2 heterocycles. The smallest absolute Gasteiger partial charge is 0.262 e. The molecule has 3 rings (SSSR count). The van der Waals surface area contributed by atoms with Crippen molar-refractivity contribution in [2.75, 3.05) is 20.3 Å². The van der Waals surface area contributed by atoms with Gasteiger partial charge in [-0.15, -0.1) is 11.3 Å². The highest BCUT2D eigenvalue weighted by molar-refractivity contribution is 7.89. The minimum atomic E-state index is -4.05. The monoisotopic (exact) mass is 412 g/mol. The van der Waals surface area contributed by atoms with Gasteiger partial charge in [0, 0.05) is 17.3 Å². The number of sulfonamides is 1. The Bertz CT molecular complexity index is 910. The van der Waals surface area contributed by atoms with E-state index in [0.717, 1.165) is 14.7 Å². The molecule has 0 aliphatic carbocycles. The molecule has 0 spiro atoms. The number of nitrogens with one attached hydrogen (secondary N) is 1. The summed E-state index contributed by atoms with van der Waals surface area (Å²) in [6.45, 7) is -0.382. The number of aliphatic hydroxyl groups is 1. The molecule has 1 aliphatic heterocycles. The number of methoxy groups -OCH3 is 1. The maximum absolute atomic E-state index is 13.3. The van der Waals surface area contributed by atoms with Crippen molar-refractivity contribution in [2.24, 2.45) is 0 Å². The van der Waals surface area contributed by atoms with Crippen LogP contribution in [-0.2, 0) is 21.2 Å². The lowest BCUT2D eigenvalue weighted by atomic mass is 9.93. The standard InChI is InChI=1S/C17H20N2O6S2/c1-25-11-2-4-12(5-3-11)27(23,24)19-8-6-15-13(7-9-26-15)14(10-20)16(19)17(21)18-22/h2-5,7,9,14,16,20,22H,6,8,10H2,1H3,(H,18,21). The molecule has 0 fully saturated rings. The third-order valence-corrected chi connectivity index (χ3v) is 7.56. The van der Waals surface area contributed by atoms with E-state index in [1.165, 1.54) is 42.7 Å². The zero-order valence-corrected chi connectivity index (χ0v) is 16.2. The van der Waals surface area contributed by atoms with E-state index in [1.54, 1.807) is 11.5 Å². The van der Waals surface area contributed by atoms with Crippen molar-refractivity contribution < 1.29 is 28.3 Å². The largest absolute Gasteiger partial charge is 0.497 e. The molecule has 1 aliphatic rings. The zero-order valence-electron chi connectivity index (χ0n) is 14.5. The lowest BCUT2D eigenvalue weighted by molar-refractivity contribution is -0.134. The number of fused-ring (bicyclic) bond motifs is 1. The molecule has 2 atom stereocenters. The molecule has 3 N–H and O–H groups in total. The van der Waals surface area contributed by atoms with Crippen LogP contribution in [0.4, 0.5) is 0 Å². The van der Waals surface area contributed by atoms with E-state index in [0.29, 0.717) is 12.2 Å². The van der Waals surface area contributed by atoms with Crippen LogP contribution in [0.1, 0.15) is 16.4 Å². The number of hydrogen-bond acceptors (Lipinski definition) is 7. The summed E-state index contributed by atoms with van der Waals surface area (Å²) in [5, 5.41) is 21.0. The number of carbonyl (C=O) groups excluding carboxylic acids is 1. The number of rotatable bonds is 5. The topological polar surface area (TPSA) is 116 Å². The Kier molecular flexibility index (Phi) is 5.82. The molecule has 27 heavy (non-hydrogen) atoms. The fourth-order valence-corrected chi connectivity index (χ4v) is 5.90. The summed E-state index contributed by atoms with van der Waals surface area (Å²) in [7, 11) is -2.58. The second kappa shape index (κ2) is 7.95. The molecule has 0 saturated heterocycles. The Balaban J connectivity index is 2.08. The van der Waals surface area contributed by atoms with Crippen LogP contribution in [0.15, 0.2) is 40.6 Å². The summed E-state index contributed by atoms with van der Waals surface area (Å²) in [6.07, 6.45) is 0.411. The van der Waals surface area contributed by atoms with E-state index in [4.69, 9.17) is 4.74 Å². The Labute approximate surface area is 161 Å². The number of aliphatic hydroxyl groups excluding tert-OH is 1. The van der Waals surface area contributed by atoms with Crippen molar-refractivity contribution in [3.05, 3.63) is 46.2 Å². The first-order valence-electron chi connectivity index (χ1n) is 8.21. The molecular weight excluding hydrogens is 392 g/mol. The predicted octanol–water partition coefficient (Wildman–Crippen LogP) is 0.954. The predicted molar refractivity (Wildman–Crippen MR) is 98.5 cm³/mol. The SMILES string of the molecule is COc1ccc(S(=O)(=O)N2CCc3sccc3C(CO)C2C(=O)NO)cc1. The summed E-state index contributed by atoms with van der Waals surface area (Å²) in [6, 6.07) is 6.34. The average Bonchev–Trinajstić information content (AvgIpc) is 3.08. The number of amides is 1. The Hall–Kier alpha value is -1.98. The maximum Gasteiger partial charge on any atom is 0.262 e. The molecule has 0 bridgehead atoms. The highest BCUT2D eigenvalue weighted by Gasteiger charge is 2.43. The van der Waals surface area contributed by atoms with Gasteiger partial charge in [-0.2, -0.15) is 4.31 Å². The van der Waals surface area contributed by atoms with E-state index in [1.807, 2.05) is 5.38 Å². The lowest BCUT2D eigenvalue weighted by Gasteiger charge is -2.32. The molecule has 146 valence electrons. The first-order chi connectivity index (χ1) is 12.9. The third kappa shape index (κ3) is 3.58. The van der Waals surface area contributed by atoms with Crippen LogP contribution in [0.5, 0.6) is 5.75 Å². The van der Waals surface area contributed by atoms with Crippen molar-refractivity contribution in [1.29, 1.82) is 0 Å². The number of benzene rings is 1. The number of ether oxygens (including phenoxy) is 1. The van der Waals surface area contributed by atoms with Crippen molar-refractivity contribution in [2.45, 2.75) is 23.3 Å². The van der Waals surface area contributed by atoms with Gasteiger partial charge in [0.2, 0.25) is 10.0 Å². The van der Waals surface area contributed by atoms with Gasteiger partial charge in [-0.05, 0) is 47.7 Å². The van der Waals surface area contributed by atoms with Gasteiger partial charge < -0.3 is 9.84 Å². The Morgan fingerprint density at radius 3 is 2.63 bits per heavy atom. The maximum atomic E-state index is 13.3. The van der Waals surface area contributed by atoms with Gasteiger partial charge in [-0.1, -0.05) is 0 Å². The molecule has 1 aromatic heterocycles. The van der Waals surface area contributed by atoms with Gasteiger partial charge in [-0.3, -0.25) is 10.0 Å². The molecule has 8 nitrogen and oxygen atoms in total. The van der Waals surface area contributed by atoms with E-state index < -0.39 is 34.5 Å². The number of hydroxylamine groups is 1. The Morgan fingerprint density at radius 1 is 1.33 bits per heavy atom. The normalized spacial score (nSPS) is 20.6. The third-order valence-electron chi connectivity index (χ3n) is 4.67. The van der Waals surface area contributed by atoms with Gasteiger partial charge in [0.05, 0.1) is 18.6 Å². The zero-order chi connectivity index (χ0) is 19.6. The van der Waals surface area contributed by atoms with E-state index in [-0.39, 0.29) is 11.4 Å². The molecule has 1 amide bonds. The summed E-state index contributed by atoms with van der Waals surface area (Å²) in [5.74, 6) is -1.16. The van der Waals surface area contributed by atoms with Crippen LogP contribution in [-0.4, -0.2) is 55.2 Å². The molecule has 10 heteroatoms. The fourth-order valence-electron chi connectivity index (χ4n) is 3.34. The summed E-state index contributed by atoms with van der Waals surface area (Å²) in [4.78, 5) is 13.3. The van der Waals surface area contributed by atoms with Crippen molar-refractivity contribution in [3.8, 4) is 5.75 Å². The first kappa shape index (κ1) is 19.8. The molecule has 0 saturated carbocycles. The van der Waals surface area contributed by atoms with Crippen LogP contribution in [0.2, 0.25) is 0 Å². The van der Waals surface area contributed by atoms with Crippen LogP contribution in [0.25, 0.3) is 0 Å². The summed E-state index contributed by atoms with van der Waals surface area (Å²) in [5.41, 5.74) is 2.27. The average molecular weight is 412 g/mol. The fraction of sp³-hybridized carbons (Fsp3) is 0.353. The lowest BCUT2D eigenvalue weighted by Crippen LogP contribution is -2.52. The quantitative estimate of drug-likeness (QED) is 0.497. The minimum Gasteiger partial charge on any atom is -0.497 e. The second-order valence-electron chi connectivity index (χ2n) is 6.05. The van der Waals surface area contributed by atoms with Crippen LogP contribution in [0.3, 0.4) is 0 Å². The minimum absolute atomic E-state index is 0.000911. The summed E-state index contributed by atoms with van der Waals surface area (Å²) >= 11 is 1.45. The highest BCUT2D eigenvalue weighted by atomic mass is 32.2. The van der Waals surface area contributed by atoms with E-state index in [9.17, 15) is 23.5 Å². The highest BCUT2D eigenvalue weighted by Crippen LogP contribution is 2.36. The number of nitrogens with zero attached hydrogens (tertiary/aromatic N) is 1. The van der Waals surface area contributed by atoms with Crippen LogP contribution < -0.4 is 10.2 Å². The summed E-state index contributed by atoms with van der Waals surface area (Å²) < 4.78 is 32.6. The van der Waals surface area contributed by atoms with Crippen molar-refractivity contribution in [3.63, 3.8) is 0 Å². The van der Waals surface area contributed by atoms with Crippen molar-refractivity contribution in [1.82, 2.24) is 9.79 Å². The van der Waals surface area contributed by atoms with Crippen LogP contribution >= 0.6 is 11.3 Å². The van der Waals surface area contributed by atoms with E-state index >= 15 is 0 Å². The first-order valence-corrected chi connectivity index (χ1v) is 10.5. The van der Waals surface area contributed by atoms with Gasteiger partial charge >= 0.3 is 0 Å². The van der Waals surface area contributed by atoms with Gasteiger partial charge in [-0.25, -0.2) is 13.9 Å². The number of carbonyl (C=O) groups is 1. The molecule has 2 unspecified atom stereocenters. The molecule has 1 aromatic carbocycles. The van der Waals surface area contributed by atoms with Gasteiger partial charge in [0.15, 0.2) is 0 Å². The number of thiophene rings is 1. The van der Waals surface area contributed by atoms with Crippen molar-refractivity contribution >= 4 is 27.3 Å². The second-order valence-corrected chi connectivity index (χ2v) is 8.94. The van der Waals surface area contributed by atoms with Gasteiger partial charge in [0.1, 0.15) is 11.8 Å². The Morgan fingerprint density at radius 2 is 2.04 bits per heavy atom. The van der Waals surface area contributed by atoms with Crippen LogP contribution in [0, 0.1) is 0 Å². The van der Waals surface area contributed by atoms with Gasteiger partial charge in [0.25, 0.3) is 5.91 Å². The van der Waals surface area contributed by atoms with E-state index in [2.05, 4.69) is 0 Å². The number of hydrogen-bond donors (Lipinski definition) is 3. The molecular formula is C17H20N2O6S2. The molecule has 2 aromatic rings.